The largest absolute Gasteiger partial charge is 0.498 e. The van der Waals surface area contributed by atoms with Gasteiger partial charge in [-0.05, 0) is 53.0 Å². The maximum atomic E-state index is 5.97. The minimum atomic E-state index is -0.155. The van der Waals surface area contributed by atoms with Crippen LogP contribution in [-0.2, 0) is 4.74 Å². The van der Waals surface area contributed by atoms with Gasteiger partial charge in [-0.2, -0.15) is 0 Å². The molecule has 114 valence electrons. The normalized spacial score (nSPS) is 20.2. The van der Waals surface area contributed by atoms with E-state index < -0.39 is 0 Å². The first-order valence-electron chi connectivity index (χ1n) is 8.03. The highest BCUT2D eigenvalue weighted by Crippen LogP contribution is 2.69. The first-order valence-corrected chi connectivity index (χ1v) is 9.38. The zero-order valence-electron chi connectivity index (χ0n) is 14.4. The second-order valence-electron chi connectivity index (χ2n) is 7.97. The van der Waals surface area contributed by atoms with Gasteiger partial charge < -0.3 is 4.74 Å². The molecule has 0 radical (unpaired) electrons. The Morgan fingerprint density at radius 3 is 2.00 bits per heavy atom. The van der Waals surface area contributed by atoms with Crippen LogP contribution < -0.4 is 0 Å². The summed E-state index contributed by atoms with van der Waals surface area (Å²) in [6.07, 6.45) is 4.94. The van der Waals surface area contributed by atoms with Crippen molar-refractivity contribution < 1.29 is 4.74 Å². The van der Waals surface area contributed by atoms with Crippen LogP contribution in [0.4, 0.5) is 0 Å². The SMILES string of the molecule is CCOC1=C2CCCC2=C(P(C(C)(C)C)C(C)(C)C)C1. The van der Waals surface area contributed by atoms with E-state index >= 15 is 0 Å². The Morgan fingerprint density at radius 2 is 1.50 bits per heavy atom. The van der Waals surface area contributed by atoms with Gasteiger partial charge in [0.1, 0.15) is 5.76 Å². The molecule has 0 bridgehead atoms. The van der Waals surface area contributed by atoms with Gasteiger partial charge in [-0.15, -0.1) is 0 Å². The summed E-state index contributed by atoms with van der Waals surface area (Å²) in [4.78, 5) is 0. The topological polar surface area (TPSA) is 9.23 Å². The second-order valence-corrected chi connectivity index (χ2v) is 11.9. The molecule has 0 atom stereocenters. The summed E-state index contributed by atoms with van der Waals surface area (Å²) >= 11 is 0. The van der Waals surface area contributed by atoms with E-state index in [1.54, 1.807) is 16.5 Å². The van der Waals surface area contributed by atoms with Crippen LogP contribution in [0, 0.1) is 0 Å². The van der Waals surface area contributed by atoms with Crippen LogP contribution in [0.25, 0.3) is 0 Å². The number of allylic oxidation sites excluding steroid dienone is 3. The molecule has 0 aromatic heterocycles. The molecule has 1 fully saturated rings. The van der Waals surface area contributed by atoms with Crippen molar-refractivity contribution in [1.29, 1.82) is 0 Å². The molecule has 2 aliphatic rings. The minimum absolute atomic E-state index is 0.155. The molecule has 0 spiro atoms. The van der Waals surface area contributed by atoms with Gasteiger partial charge in [-0.3, -0.25) is 0 Å². The molecule has 2 heteroatoms. The Labute approximate surface area is 126 Å². The Balaban J connectivity index is 2.40. The monoisotopic (exact) mass is 294 g/mol. The standard InChI is InChI=1S/C18H31OP/c1-8-19-15-12-16(14-11-9-10-13(14)15)20(17(2,3)4)18(5,6)7/h8-12H2,1-7H3. The van der Waals surface area contributed by atoms with Gasteiger partial charge in [0, 0.05) is 6.42 Å². The molecule has 1 nitrogen and oxygen atoms in total. The van der Waals surface area contributed by atoms with Gasteiger partial charge >= 0.3 is 0 Å². The third kappa shape index (κ3) is 2.98. The van der Waals surface area contributed by atoms with Crippen molar-refractivity contribution in [3.63, 3.8) is 0 Å². The third-order valence-electron chi connectivity index (χ3n) is 4.16. The van der Waals surface area contributed by atoms with E-state index in [1.807, 2.05) is 0 Å². The molecular formula is C18H31OP. The fourth-order valence-corrected chi connectivity index (χ4v) is 8.53. The lowest BCUT2D eigenvalue weighted by Gasteiger charge is -2.43. The van der Waals surface area contributed by atoms with E-state index in [9.17, 15) is 0 Å². The van der Waals surface area contributed by atoms with Crippen molar-refractivity contribution in [2.75, 3.05) is 6.61 Å². The minimum Gasteiger partial charge on any atom is -0.498 e. The molecule has 0 heterocycles. The van der Waals surface area contributed by atoms with Gasteiger partial charge in [0.05, 0.1) is 6.61 Å². The van der Waals surface area contributed by atoms with Crippen molar-refractivity contribution in [3.05, 3.63) is 22.2 Å². The van der Waals surface area contributed by atoms with Gasteiger partial charge in [-0.25, -0.2) is 0 Å². The summed E-state index contributed by atoms with van der Waals surface area (Å²) < 4.78 is 5.97. The Bertz CT molecular complexity index is 429. The first-order chi connectivity index (χ1) is 9.16. The zero-order chi connectivity index (χ0) is 15.1. The smallest absolute Gasteiger partial charge is 0.104 e. The van der Waals surface area contributed by atoms with E-state index in [2.05, 4.69) is 48.5 Å². The summed E-state index contributed by atoms with van der Waals surface area (Å²) in [7, 11) is -0.155. The average Bonchev–Trinajstić information content (AvgIpc) is 2.80. The van der Waals surface area contributed by atoms with E-state index in [1.165, 1.54) is 25.0 Å². The third-order valence-corrected chi connectivity index (χ3v) is 7.81. The number of rotatable bonds is 3. The fourth-order valence-electron chi connectivity index (χ4n) is 4.08. The van der Waals surface area contributed by atoms with Crippen molar-refractivity contribution in [3.8, 4) is 0 Å². The molecule has 0 aromatic carbocycles. The number of hydrogen-bond acceptors (Lipinski definition) is 1. The van der Waals surface area contributed by atoms with E-state index in [4.69, 9.17) is 4.74 Å². The molecule has 1 saturated carbocycles. The molecule has 0 aliphatic heterocycles. The lowest BCUT2D eigenvalue weighted by Crippen LogP contribution is -2.26. The molecule has 20 heavy (non-hydrogen) atoms. The zero-order valence-corrected chi connectivity index (χ0v) is 15.3. The summed E-state index contributed by atoms with van der Waals surface area (Å²) in [5.41, 5.74) is 3.26. The van der Waals surface area contributed by atoms with E-state index in [0.29, 0.717) is 10.3 Å². The van der Waals surface area contributed by atoms with Crippen molar-refractivity contribution in [2.24, 2.45) is 0 Å². The second kappa shape index (κ2) is 5.48. The molecule has 0 N–H and O–H groups in total. The molecule has 2 rings (SSSR count). The molecule has 0 unspecified atom stereocenters. The fraction of sp³-hybridized carbons (Fsp3) is 0.778. The van der Waals surface area contributed by atoms with Crippen LogP contribution in [-0.4, -0.2) is 16.9 Å². The summed E-state index contributed by atoms with van der Waals surface area (Å²) in [5, 5.41) is 2.48. The maximum Gasteiger partial charge on any atom is 0.104 e. The van der Waals surface area contributed by atoms with Crippen molar-refractivity contribution in [2.45, 2.75) is 84.5 Å². The van der Waals surface area contributed by atoms with E-state index in [-0.39, 0.29) is 7.92 Å². The maximum absolute atomic E-state index is 5.97. The van der Waals surface area contributed by atoms with Crippen LogP contribution in [0.2, 0.25) is 0 Å². The van der Waals surface area contributed by atoms with E-state index in [0.717, 1.165) is 13.0 Å². The molecule has 2 aliphatic carbocycles. The van der Waals surface area contributed by atoms with Crippen LogP contribution >= 0.6 is 7.92 Å². The summed E-state index contributed by atoms with van der Waals surface area (Å²) in [5.74, 6) is 1.30. The Morgan fingerprint density at radius 1 is 0.950 bits per heavy atom. The predicted octanol–water partition coefficient (Wildman–Crippen LogP) is 6.20. The highest BCUT2D eigenvalue weighted by atomic mass is 31.1. The van der Waals surface area contributed by atoms with Crippen molar-refractivity contribution in [1.82, 2.24) is 0 Å². The lowest BCUT2D eigenvalue weighted by molar-refractivity contribution is 0.222. The average molecular weight is 294 g/mol. The van der Waals surface area contributed by atoms with Gasteiger partial charge in [-0.1, -0.05) is 49.5 Å². The molecular weight excluding hydrogens is 263 g/mol. The molecule has 0 saturated heterocycles. The van der Waals surface area contributed by atoms with Crippen LogP contribution in [0.5, 0.6) is 0 Å². The van der Waals surface area contributed by atoms with Crippen LogP contribution in [0.15, 0.2) is 22.2 Å². The highest BCUT2D eigenvalue weighted by molar-refractivity contribution is 7.65. The summed E-state index contributed by atoms with van der Waals surface area (Å²) in [6, 6.07) is 0. The van der Waals surface area contributed by atoms with Gasteiger partial charge in [0.15, 0.2) is 0 Å². The van der Waals surface area contributed by atoms with Gasteiger partial charge in [0.25, 0.3) is 0 Å². The summed E-state index contributed by atoms with van der Waals surface area (Å²) in [6.45, 7) is 17.4. The predicted molar refractivity (Wildman–Crippen MR) is 90.6 cm³/mol. The lowest BCUT2D eigenvalue weighted by atomic mass is 10.2. The Hall–Kier alpha value is -0.290. The first kappa shape index (κ1) is 16.1. The number of hydrogen-bond donors (Lipinski definition) is 0. The molecule has 0 amide bonds. The van der Waals surface area contributed by atoms with Gasteiger partial charge in [0.2, 0.25) is 0 Å². The highest BCUT2D eigenvalue weighted by Gasteiger charge is 2.42. The quantitative estimate of drug-likeness (QED) is 0.563. The van der Waals surface area contributed by atoms with Crippen molar-refractivity contribution >= 4 is 7.92 Å². The number of fused-ring (bicyclic) bond motifs is 1. The number of ether oxygens (including phenoxy) is 1. The van der Waals surface area contributed by atoms with Crippen LogP contribution in [0.3, 0.4) is 0 Å². The van der Waals surface area contributed by atoms with Crippen LogP contribution in [0.1, 0.15) is 74.1 Å². The Kier molecular flexibility index (Phi) is 4.41. The molecule has 0 aromatic rings.